The second kappa shape index (κ2) is 6.71. The highest BCUT2D eigenvalue weighted by atomic mass is 16.5. The normalized spacial score (nSPS) is 10.3. The van der Waals surface area contributed by atoms with Gasteiger partial charge in [0.2, 0.25) is 0 Å². The number of carbonyl (C=O) groups is 1. The van der Waals surface area contributed by atoms with E-state index in [1.165, 1.54) is 5.56 Å². The molecule has 2 aromatic rings. The van der Waals surface area contributed by atoms with Crippen LogP contribution in [0, 0.1) is 0 Å². The van der Waals surface area contributed by atoms with Crippen LogP contribution in [0.1, 0.15) is 21.5 Å². The summed E-state index contributed by atoms with van der Waals surface area (Å²) in [7, 11) is 0. The third-order valence-electron chi connectivity index (χ3n) is 2.88. The third kappa shape index (κ3) is 3.93. The van der Waals surface area contributed by atoms with Crippen LogP contribution in [0.4, 0.5) is 0 Å². The molecule has 2 aromatic carbocycles. The van der Waals surface area contributed by atoms with Gasteiger partial charge in [-0.15, -0.1) is 0 Å². The van der Waals surface area contributed by atoms with E-state index < -0.39 is 5.97 Å². The van der Waals surface area contributed by atoms with Crippen LogP contribution in [0.2, 0.25) is 0 Å². The van der Waals surface area contributed by atoms with Gasteiger partial charge in [0, 0.05) is 0 Å². The van der Waals surface area contributed by atoms with Crippen LogP contribution >= 0.6 is 0 Å². The van der Waals surface area contributed by atoms with Crippen molar-refractivity contribution in [3.63, 3.8) is 0 Å². The van der Waals surface area contributed by atoms with Crippen molar-refractivity contribution in [1.29, 1.82) is 0 Å². The van der Waals surface area contributed by atoms with Crippen molar-refractivity contribution in [3.8, 4) is 0 Å². The molecule has 3 nitrogen and oxygen atoms in total. The van der Waals surface area contributed by atoms with Gasteiger partial charge in [-0.05, 0) is 23.6 Å². The van der Waals surface area contributed by atoms with E-state index in [2.05, 4.69) is 12.1 Å². The number of carboxylic acids is 1. The van der Waals surface area contributed by atoms with Crippen LogP contribution in [-0.2, 0) is 17.8 Å². The molecule has 0 fully saturated rings. The second-order valence-corrected chi connectivity index (χ2v) is 4.25. The third-order valence-corrected chi connectivity index (χ3v) is 2.88. The number of carboxylic acid groups (broad SMARTS) is 1. The minimum absolute atomic E-state index is 0.308. The lowest BCUT2D eigenvalue weighted by Crippen LogP contribution is -2.05. The summed E-state index contributed by atoms with van der Waals surface area (Å²) in [6, 6.07) is 17.0. The quantitative estimate of drug-likeness (QED) is 0.808. The maximum Gasteiger partial charge on any atom is 0.336 e. The second-order valence-electron chi connectivity index (χ2n) is 4.25. The highest BCUT2D eigenvalue weighted by Crippen LogP contribution is 2.10. The maximum absolute atomic E-state index is 11.0. The van der Waals surface area contributed by atoms with Gasteiger partial charge in [-0.25, -0.2) is 4.79 Å². The Morgan fingerprint density at radius 1 is 1.00 bits per heavy atom. The molecular weight excluding hydrogens is 240 g/mol. The predicted octanol–water partition coefficient (Wildman–Crippen LogP) is 3.14. The van der Waals surface area contributed by atoms with E-state index in [9.17, 15) is 4.79 Å². The van der Waals surface area contributed by atoms with E-state index in [1.54, 1.807) is 18.2 Å². The highest BCUT2D eigenvalue weighted by molar-refractivity contribution is 5.89. The Kier molecular flexibility index (Phi) is 4.70. The van der Waals surface area contributed by atoms with Crippen LogP contribution in [0.5, 0.6) is 0 Å². The summed E-state index contributed by atoms with van der Waals surface area (Å²) in [4.78, 5) is 11.0. The average molecular weight is 256 g/mol. The van der Waals surface area contributed by atoms with Crippen molar-refractivity contribution in [3.05, 3.63) is 71.3 Å². The molecule has 3 heteroatoms. The molecule has 1 N–H and O–H groups in total. The minimum Gasteiger partial charge on any atom is -0.478 e. The largest absolute Gasteiger partial charge is 0.478 e. The molecule has 0 saturated carbocycles. The SMILES string of the molecule is O=C(O)c1ccccc1COCCc1ccccc1. The first-order chi connectivity index (χ1) is 9.27. The first-order valence-electron chi connectivity index (χ1n) is 6.20. The summed E-state index contributed by atoms with van der Waals surface area (Å²) in [6.07, 6.45) is 0.829. The van der Waals surface area contributed by atoms with Crippen molar-refractivity contribution >= 4 is 5.97 Å². The molecule has 0 unspecified atom stereocenters. The smallest absolute Gasteiger partial charge is 0.336 e. The van der Waals surface area contributed by atoms with Crippen molar-refractivity contribution < 1.29 is 14.6 Å². The monoisotopic (exact) mass is 256 g/mol. The van der Waals surface area contributed by atoms with Gasteiger partial charge in [0.25, 0.3) is 0 Å². The van der Waals surface area contributed by atoms with E-state index in [-0.39, 0.29) is 0 Å². The Balaban J connectivity index is 1.85. The Morgan fingerprint density at radius 2 is 1.68 bits per heavy atom. The van der Waals surface area contributed by atoms with Crippen LogP contribution in [0.3, 0.4) is 0 Å². The lowest BCUT2D eigenvalue weighted by Gasteiger charge is -2.07. The lowest BCUT2D eigenvalue weighted by molar-refractivity contribution is 0.0687. The van der Waals surface area contributed by atoms with Gasteiger partial charge in [0.15, 0.2) is 0 Å². The van der Waals surface area contributed by atoms with Gasteiger partial charge in [-0.2, -0.15) is 0 Å². The van der Waals surface area contributed by atoms with Crippen LogP contribution in [-0.4, -0.2) is 17.7 Å². The van der Waals surface area contributed by atoms with Gasteiger partial charge in [0.05, 0.1) is 18.8 Å². The number of ether oxygens (including phenoxy) is 1. The van der Waals surface area contributed by atoms with E-state index in [1.807, 2.05) is 24.3 Å². The first-order valence-corrected chi connectivity index (χ1v) is 6.20. The number of hydrogen-bond donors (Lipinski definition) is 1. The fourth-order valence-electron chi connectivity index (χ4n) is 1.87. The number of hydrogen-bond acceptors (Lipinski definition) is 2. The summed E-state index contributed by atoms with van der Waals surface area (Å²) in [6.45, 7) is 0.910. The zero-order chi connectivity index (χ0) is 13.5. The van der Waals surface area contributed by atoms with Crippen LogP contribution in [0.15, 0.2) is 54.6 Å². The van der Waals surface area contributed by atoms with Crippen molar-refractivity contribution in [2.45, 2.75) is 13.0 Å². The van der Waals surface area contributed by atoms with Gasteiger partial charge >= 0.3 is 5.97 Å². The Bertz CT molecular complexity index is 535. The van der Waals surface area contributed by atoms with Gasteiger partial charge < -0.3 is 9.84 Å². The van der Waals surface area contributed by atoms with E-state index in [0.29, 0.717) is 24.3 Å². The molecule has 0 atom stereocenters. The summed E-state index contributed by atoms with van der Waals surface area (Å²) >= 11 is 0. The Labute approximate surface area is 112 Å². The molecule has 0 saturated heterocycles. The topological polar surface area (TPSA) is 46.5 Å². The molecule has 2 rings (SSSR count). The molecule has 0 aromatic heterocycles. The minimum atomic E-state index is -0.915. The van der Waals surface area contributed by atoms with Gasteiger partial charge in [-0.3, -0.25) is 0 Å². The molecule has 0 aliphatic rings. The van der Waals surface area contributed by atoms with Crippen LogP contribution in [0.25, 0.3) is 0 Å². The Morgan fingerprint density at radius 3 is 2.42 bits per heavy atom. The predicted molar refractivity (Wildman–Crippen MR) is 73.2 cm³/mol. The molecular formula is C16H16O3. The molecule has 0 spiro atoms. The zero-order valence-electron chi connectivity index (χ0n) is 10.6. The number of rotatable bonds is 6. The number of aromatic carboxylic acids is 1. The van der Waals surface area contributed by atoms with E-state index in [4.69, 9.17) is 9.84 Å². The molecule has 0 heterocycles. The van der Waals surface area contributed by atoms with Crippen LogP contribution < -0.4 is 0 Å². The van der Waals surface area contributed by atoms with Gasteiger partial charge in [0.1, 0.15) is 0 Å². The fraction of sp³-hybridized carbons (Fsp3) is 0.188. The molecule has 0 amide bonds. The standard InChI is InChI=1S/C16H16O3/c17-16(18)15-9-5-4-8-14(15)12-19-11-10-13-6-2-1-3-7-13/h1-9H,10-12H2,(H,17,18). The highest BCUT2D eigenvalue weighted by Gasteiger charge is 2.08. The summed E-state index contributed by atoms with van der Waals surface area (Å²) in [5.41, 5.74) is 2.24. The molecule has 0 aliphatic carbocycles. The Hall–Kier alpha value is -2.13. The molecule has 98 valence electrons. The summed E-state index contributed by atoms with van der Waals surface area (Å²) in [5.74, 6) is -0.915. The molecule has 0 aliphatic heterocycles. The zero-order valence-corrected chi connectivity index (χ0v) is 10.6. The summed E-state index contributed by atoms with van der Waals surface area (Å²) < 4.78 is 5.55. The maximum atomic E-state index is 11.0. The fourth-order valence-corrected chi connectivity index (χ4v) is 1.87. The summed E-state index contributed by atoms with van der Waals surface area (Å²) in [5, 5.41) is 9.04. The van der Waals surface area contributed by atoms with Crippen molar-refractivity contribution in [2.75, 3.05) is 6.61 Å². The molecule has 0 radical (unpaired) electrons. The number of benzene rings is 2. The average Bonchev–Trinajstić information content (AvgIpc) is 2.45. The first kappa shape index (κ1) is 13.3. The van der Waals surface area contributed by atoms with Crippen molar-refractivity contribution in [1.82, 2.24) is 0 Å². The lowest BCUT2D eigenvalue weighted by atomic mass is 10.1. The molecule has 19 heavy (non-hydrogen) atoms. The van der Waals surface area contributed by atoms with E-state index in [0.717, 1.165) is 6.42 Å². The molecule has 0 bridgehead atoms. The van der Waals surface area contributed by atoms with Gasteiger partial charge in [-0.1, -0.05) is 48.5 Å². The van der Waals surface area contributed by atoms with E-state index >= 15 is 0 Å². The van der Waals surface area contributed by atoms with Crippen molar-refractivity contribution in [2.24, 2.45) is 0 Å².